The summed E-state index contributed by atoms with van der Waals surface area (Å²) in [5.74, 6) is 0.565. The zero-order chi connectivity index (χ0) is 13.8. The SMILES string of the molecule is O=C(CCC1CCCCO1)C1CCCc2ccccc21. The molecule has 0 spiro atoms. The fraction of sp³-hybridized carbons (Fsp3) is 0.611. The predicted molar refractivity (Wildman–Crippen MR) is 80.0 cm³/mol. The summed E-state index contributed by atoms with van der Waals surface area (Å²) in [6, 6.07) is 8.48. The molecule has 0 radical (unpaired) electrons. The normalized spacial score (nSPS) is 26.0. The van der Waals surface area contributed by atoms with Crippen LogP contribution in [-0.4, -0.2) is 18.5 Å². The number of hydrogen-bond acceptors (Lipinski definition) is 2. The lowest BCUT2D eigenvalue weighted by Crippen LogP contribution is -2.23. The van der Waals surface area contributed by atoms with E-state index in [1.54, 1.807) is 0 Å². The second-order valence-corrected chi connectivity index (χ2v) is 6.14. The molecule has 2 aliphatic rings. The summed E-state index contributed by atoms with van der Waals surface area (Å²) in [7, 11) is 0. The van der Waals surface area contributed by atoms with Crippen molar-refractivity contribution in [1.82, 2.24) is 0 Å². The van der Waals surface area contributed by atoms with Gasteiger partial charge in [-0.3, -0.25) is 4.79 Å². The Bertz CT molecular complexity index is 460. The van der Waals surface area contributed by atoms with Gasteiger partial charge in [-0.15, -0.1) is 0 Å². The van der Waals surface area contributed by atoms with Crippen molar-refractivity contribution in [3.63, 3.8) is 0 Å². The minimum atomic E-state index is 0.142. The van der Waals surface area contributed by atoms with E-state index in [2.05, 4.69) is 24.3 Å². The number of Topliss-reactive ketones (excluding diaryl/α,β-unsaturated/α-hetero) is 1. The molecular weight excluding hydrogens is 248 g/mol. The maximum Gasteiger partial charge on any atom is 0.140 e. The number of carbonyl (C=O) groups excluding carboxylic acids is 1. The summed E-state index contributed by atoms with van der Waals surface area (Å²) >= 11 is 0. The van der Waals surface area contributed by atoms with Crippen molar-refractivity contribution in [3.8, 4) is 0 Å². The monoisotopic (exact) mass is 272 g/mol. The first kappa shape index (κ1) is 13.8. The van der Waals surface area contributed by atoms with Crippen LogP contribution >= 0.6 is 0 Å². The lowest BCUT2D eigenvalue weighted by atomic mass is 9.79. The van der Waals surface area contributed by atoms with Crippen molar-refractivity contribution in [3.05, 3.63) is 35.4 Å². The number of fused-ring (bicyclic) bond motifs is 1. The van der Waals surface area contributed by atoms with E-state index in [1.807, 2.05) is 0 Å². The summed E-state index contributed by atoms with van der Waals surface area (Å²) in [6.45, 7) is 0.880. The smallest absolute Gasteiger partial charge is 0.140 e. The molecule has 0 N–H and O–H groups in total. The van der Waals surface area contributed by atoms with E-state index in [4.69, 9.17) is 4.74 Å². The molecule has 108 valence electrons. The van der Waals surface area contributed by atoms with Crippen LogP contribution in [0.15, 0.2) is 24.3 Å². The molecule has 2 heteroatoms. The van der Waals surface area contributed by atoms with Crippen LogP contribution in [0, 0.1) is 0 Å². The number of ketones is 1. The first-order valence-corrected chi connectivity index (χ1v) is 8.07. The zero-order valence-electron chi connectivity index (χ0n) is 12.1. The number of benzene rings is 1. The molecule has 0 saturated carbocycles. The van der Waals surface area contributed by atoms with Crippen LogP contribution in [0.2, 0.25) is 0 Å². The number of carbonyl (C=O) groups is 1. The average molecular weight is 272 g/mol. The molecule has 1 aliphatic heterocycles. The standard InChI is InChI=1S/C18H24O2/c19-18(12-11-15-8-3-4-13-20-15)17-10-5-7-14-6-1-2-9-16(14)17/h1-2,6,9,15,17H,3-5,7-8,10-13H2. The Kier molecular flexibility index (Phi) is 4.51. The van der Waals surface area contributed by atoms with Crippen LogP contribution in [0.3, 0.4) is 0 Å². The largest absolute Gasteiger partial charge is 0.378 e. The first-order valence-electron chi connectivity index (χ1n) is 8.07. The lowest BCUT2D eigenvalue weighted by molar-refractivity contribution is -0.121. The third-order valence-electron chi connectivity index (χ3n) is 4.74. The molecular formula is C18H24O2. The van der Waals surface area contributed by atoms with E-state index >= 15 is 0 Å². The van der Waals surface area contributed by atoms with Crippen molar-refractivity contribution in [2.45, 2.75) is 63.4 Å². The highest BCUT2D eigenvalue weighted by Gasteiger charge is 2.26. The van der Waals surface area contributed by atoms with Crippen LogP contribution in [0.1, 0.15) is 62.0 Å². The van der Waals surface area contributed by atoms with Crippen LogP contribution in [0.4, 0.5) is 0 Å². The van der Waals surface area contributed by atoms with Gasteiger partial charge in [-0.1, -0.05) is 24.3 Å². The third-order valence-corrected chi connectivity index (χ3v) is 4.74. The Morgan fingerprint density at radius 1 is 1.15 bits per heavy atom. The van der Waals surface area contributed by atoms with Gasteiger partial charge in [0.05, 0.1) is 6.10 Å². The highest BCUT2D eigenvalue weighted by Crippen LogP contribution is 2.33. The number of hydrogen-bond donors (Lipinski definition) is 0. The van der Waals surface area contributed by atoms with E-state index < -0.39 is 0 Å². The number of rotatable bonds is 4. The van der Waals surface area contributed by atoms with Gasteiger partial charge in [0.15, 0.2) is 0 Å². The molecule has 1 fully saturated rings. The molecule has 1 aromatic carbocycles. The second kappa shape index (κ2) is 6.53. The maximum absolute atomic E-state index is 12.5. The Labute approximate surface area is 121 Å². The van der Waals surface area contributed by atoms with Crippen molar-refractivity contribution >= 4 is 5.78 Å². The van der Waals surface area contributed by atoms with Crippen molar-refractivity contribution < 1.29 is 9.53 Å². The number of ether oxygens (including phenoxy) is 1. The summed E-state index contributed by atoms with van der Waals surface area (Å²) in [5, 5.41) is 0. The molecule has 0 aromatic heterocycles. The highest BCUT2D eigenvalue weighted by atomic mass is 16.5. The molecule has 3 rings (SSSR count). The molecule has 2 nitrogen and oxygen atoms in total. The zero-order valence-corrected chi connectivity index (χ0v) is 12.1. The molecule has 0 bridgehead atoms. The molecule has 1 saturated heterocycles. The Morgan fingerprint density at radius 2 is 2.05 bits per heavy atom. The minimum absolute atomic E-state index is 0.142. The Morgan fingerprint density at radius 3 is 2.90 bits per heavy atom. The molecule has 2 atom stereocenters. The second-order valence-electron chi connectivity index (χ2n) is 6.14. The Hall–Kier alpha value is -1.15. The van der Waals surface area contributed by atoms with Gasteiger partial charge in [0.2, 0.25) is 0 Å². The van der Waals surface area contributed by atoms with Crippen molar-refractivity contribution in [2.75, 3.05) is 6.61 Å². The quantitative estimate of drug-likeness (QED) is 0.827. The number of aryl methyl sites for hydroxylation is 1. The van der Waals surface area contributed by atoms with Crippen molar-refractivity contribution in [1.29, 1.82) is 0 Å². The van der Waals surface area contributed by atoms with Crippen LogP contribution in [0.5, 0.6) is 0 Å². The third kappa shape index (κ3) is 3.12. The van der Waals surface area contributed by atoms with Gasteiger partial charge in [-0.05, 0) is 56.1 Å². The maximum atomic E-state index is 12.5. The van der Waals surface area contributed by atoms with Gasteiger partial charge >= 0.3 is 0 Å². The topological polar surface area (TPSA) is 26.3 Å². The van der Waals surface area contributed by atoms with E-state index in [9.17, 15) is 4.79 Å². The summed E-state index contributed by atoms with van der Waals surface area (Å²) in [5.41, 5.74) is 2.67. The fourth-order valence-electron chi connectivity index (χ4n) is 3.60. The van der Waals surface area contributed by atoms with E-state index in [1.165, 1.54) is 24.0 Å². The van der Waals surface area contributed by atoms with Gasteiger partial charge in [-0.2, -0.15) is 0 Å². The Balaban J connectivity index is 1.60. The van der Waals surface area contributed by atoms with Crippen LogP contribution in [0.25, 0.3) is 0 Å². The molecule has 2 unspecified atom stereocenters. The molecule has 1 aliphatic carbocycles. The van der Waals surface area contributed by atoms with E-state index in [0.29, 0.717) is 18.3 Å². The average Bonchev–Trinajstić information content (AvgIpc) is 2.53. The highest BCUT2D eigenvalue weighted by molar-refractivity contribution is 5.86. The first-order chi connectivity index (χ1) is 9.84. The van der Waals surface area contributed by atoms with E-state index in [-0.39, 0.29) is 5.92 Å². The van der Waals surface area contributed by atoms with Gasteiger partial charge < -0.3 is 4.74 Å². The van der Waals surface area contributed by atoms with Crippen molar-refractivity contribution in [2.24, 2.45) is 0 Å². The molecule has 0 amide bonds. The van der Waals surface area contributed by atoms with Gasteiger partial charge in [0.1, 0.15) is 5.78 Å². The minimum Gasteiger partial charge on any atom is -0.378 e. The molecule has 20 heavy (non-hydrogen) atoms. The van der Waals surface area contributed by atoms with Crippen LogP contribution < -0.4 is 0 Å². The lowest BCUT2D eigenvalue weighted by Gasteiger charge is -2.26. The van der Waals surface area contributed by atoms with E-state index in [0.717, 1.165) is 38.7 Å². The van der Waals surface area contributed by atoms with Crippen LogP contribution in [-0.2, 0) is 16.0 Å². The van der Waals surface area contributed by atoms with Gasteiger partial charge in [0.25, 0.3) is 0 Å². The van der Waals surface area contributed by atoms with Gasteiger partial charge in [-0.25, -0.2) is 0 Å². The fourth-order valence-corrected chi connectivity index (χ4v) is 3.60. The predicted octanol–water partition coefficient (Wildman–Crippen LogP) is 4.02. The molecule has 1 heterocycles. The molecule has 1 aromatic rings. The summed E-state index contributed by atoms with van der Waals surface area (Å²) in [6.07, 6.45) is 8.80. The van der Waals surface area contributed by atoms with Gasteiger partial charge in [0, 0.05) is 18.9 Å². The summed E-state index contributed by atoms with van der Waals surface area (Å²) in [4.78, 5) is 12.5. The summed E-state index contributed by atoms with van der Waals surface area (Å²) < 4.78 is 5.73.